The fourth-order valence-corrected chi connectivity index (χ4v) is 3.84. The minimum absolute atomic E-state index is 0.0142. The lowest BCUT2D eigenvalue weighted by Crippen LogP contribution is -1.97. The van der Waals surface area contributed by atoms with Crippen molar-refractivity contribution in [3.05, 3.63) is 132 Å². The van der Waals surface area contributed by atoms with Crippen LogP contribution in [0.25, 0.3) is 16.7 Å². The molecule has 0 saturated heterocycles. The lowest BCUT2D eigenvalue weighted by Gasteiger charge is -2.13. The predicted octanol–water partition coefficient (Wildman–Crippen LogP) is 8.83. The van der Waals surface area contributed by atoms with Crippen LogP contribution in [0.3, 0.4) is 0 Å². The first kappa shape index (κ1) is 28.7. The third kappa shape index (κ3) is 7.79. The van der Waals surface area contributed by atoms with Gasteiger partial charge in [0.15, 0.2) is 0 Å². The molecule has 3 aromatic carbocycles. The summed E-state index contributed by atoms with van der Waals surface area (Å²) in [6.45, 7) is 6.82. The Morgan fingerprint density at radius 1 is 1.00 bits per heavy atom. The fourth-order valence-electron chi connectivity index (χ4n) is 3.84. The minimum atomic E-state index is -1.05. The number of aromatic hydroxyl groups is 1. The van der Waals surface area contributed by atoms with Gasteiger partial charge in [0.2, 0.25) is 0 Å². The van der Waals surface area contributed by atoms with Crippen LogP contribution in [0, 0.1) is 0 Å². The van der Waals surface area contributed by atoms with Crippen molar-refractivity contribution in [2.75, 3.05) is 10.6 Å². The Labute approximate surface area is 226 Å². The normalized spacial score (nSPS) is 12.5. The first-order chi connectivity index (χ1) is 18.7. The second-order valence-corrected chi connectivity index (χ2v) is 8.59. The van der Waals surface area contributed by atoms with Gasteiger partial charge in [-0.25, -0.2) is 13.6 Å². The minimum Gasteiger partial charge on any atom is -0.505 e. The summed E-state index contributed by atoms with van der Waals surface area (Å²) in [4.78, 5) is 11.3. The van der Waals surface area contributed by atoms with E-state index in [-0.39, 0.29) is 16.9 Å². The molecule has 0 unspecified atom stereocenters. The number of carboxylic acid groups (broad SMARTS) is 1. The van der Waals surface area contributed by atoms with Crippen LogP contribution < -0.4 is 10.6 Å². The van der Waals surface area contributed by atoms with E-state index in [0.29, 0.717) is 23.2 Å². The van der Waals surface area contributed by atoms with Gasteiger partial charge in [0, 0.05) is 40.9 Å². The Kier molecular flexibility index (Phi) is 9.98. The first-order valence-electron chi connectivity index (χ1n) is 12.2. The number of benzene rings is 3. The molecule has 0 aliphatic heterocycles. The molecule has 39 heavy (non-hydrogen) atoms. The van der Waals surface area contributed by atoms with Crippen molar-refractivity contribution in [2.24, 2.45) is 0 Å². The van der Waals surface area contributed by atoms with Crippen LogP contribution in [-0.4, -0.2) is 16.2 Å². The Bertz CT molecular complexity index is 1490. The summed E-state index contributed by atoms with van der Waals surface area (Å²) in [5.41, 5.74) is 4.34. The molecule has 3 rings (SSSR count). The van der Waals surface area contributed by atoms with Gasteiger partial charge >= 0.3 is 5.97 Å². The highest BCUT2D eigenvalue weighted by atomic mass is 19.1. The summed E-state index contributed by atoms with van der Waals surface area (Å²) in [6, 6.07) is 19.1. The Morgan fingerprint density at radius 3 is 2.44 bits per heavy atom. The van der Waals surface area contributed by atoms with E-state index in [0.717, 1.165) is 22.9 Å². The molecular formula is C32H30F2N2O3. The third-order valence-electron chi connectivity index (χ3n) is 5.74. The number of halogens is 2. The molecule has 3 aromatic rings. The van der Waals surface area contributed by atoms with Gasteiger partial charge in [-0.15, -0.1) is 0 Å². The Morgan fingerprint density at radius 2 is 1.72 bits per heavy atom. The van der Waals surface area contributed by atoms with Gasteiger partial charge in [-0.3, -0.25) is 0 Å². The standard InChI is InChI=1S/C32H30F2N2O3/c1-4-9-23(28(34)18-22(3)33)16-17-35-29-14-6-5-12-26(29)21(2)20-36-30-15-8-13-27(31(30)37)24-10-7-11-25(19-24)32(38)39/h5-20,35-37H,3-4H2,1-2H3,(H,38,39)/b17-16+,21-20+,23-9-,28-18+. The van der Waals surface area contributed by atoms with Gasteiger partial charge in [-0.1, -0.05) is 62.0 Å². The maximum atomic E-state index is 14.3. The van der Waals surface area contributed by atoms with Gasteiger partial charge in [0.1, 0.15) is 17.4 Å². The monoisotopic (exact) mass is 528 g/mol. The van der Waals surface area contributed by atoms with E-state index in [2.05, 4.69) is 17.2 Å². The molecular weight excluding hydrogens is 498 g/mol. The molecule has 4 N–H and O–H groups in total. The Balaban J connectivity index is 1.82. The predicted molar refractivity (Wildman–Crippen MR) is 155 cm³/mol. The summed E-state index contributed by atoms with van der Waals surface area (Å²) in [7, 11) is 0. The number of aromatic carboxylic acids is 1. The molecule has 0 atom stereocenters. The second-order valence-electron chi connectivity index (χ2n) is 8.59. The average molecular weight is 529 g/mol. The smallest absolute Gasteiger partial charge is 0.335 e. The average Bonchev–Trinajstić information content (AvgIpc) is 2.91. The van der Waals surface area contributed by atoms with Crippen molar-refractivity contribution in [1.29, 1.82) is 0 Å². The number of carbonyl (C=O) groups is 1. The van der Waals surface area contributed by atoms with E-state index < -0.39 is 17.6 Å². The molecule has 0 aliphatic carbocycles. The molecule has 200 valence electrons. The molecule has 0 spiro atoms. The fraction of sp³-hybridized carbons (Fsp3) is 0.0938. The number of anilines is 2. The van der Waals surface area contributed by atoms with Crippen molar-refractivity contribution in [3.63, 3.8) is 0 Å². The number of para-hydroxylation sites is 2. The molecule has 0 aliphatic rings. The van der Waals surface area contributed by atoms with Crippen molar-refractivity contribution < 1.29 is 23.8 Å². The summed E-state index contributed by atoms with van der Waals surface area (Å²) >= 11 is 0. The van der Waals surface area contributed by atoms with Gasteiger partial charge in [0.05, 0.1) is 11.3 Å². The quantitative estimate of drug-likeness (QED) is 0.148. The largest absolute Gasteiger partial charge is 0.505 e. The zero-order valence-corrected chi connectivity index (χ0v) is 21.7. The number of carboxylic acids is 1. The Hall–Kier alpha value is -4.91. The summed E-state index contributed by atoms with van der Waals surface area (Å²) in [6.07, 6.45) is 7.81. The second kappa shape index (κ2) is 13.6. The zero-order valence-electron chi connectivity index (χ0n) is 21.7. The van der Waals surface area contributed by atoms with E-state index in [9.17, 15) is 23.8 Å². The van der Waals surface area contributed by atoms with Gasteiger partial charge < -0.3 is 20.8 Å². The van der Waals surface area contributed by atoms with E-state index >= 15 is 0 Å². The lowest BCUT2D eigenvalue weighted by molar-refractivity contribution is 0.0697. The highest BCUT2D eigenvalue weighted by Crippen LogP contribution is 2.36. The highest BCUT2D eigenvalue weighted by molar-refractivity contribution is 5.90. The number of nitrogens with one attached hydrogen (secondary N) is 2. The molecule has 0 amide bonds. The van der Waals surface area contributed by atoms with Gasteiger partial charge in [0.25, 0.3) is 0 Å². The van der Waals surface area contributed by atoms with Crippen LogP contribution in [0.5, 0.6) is 5.75 Å². The van der Waals surface area contributed by atoms with Crippen molar-refractivity contribution >= 4 is 22.9 Å². The lowest BCUT2D eigenvalue weighted by atomic mass is 10.0. The zero-order chi connectivity index (χ0) is 28.4. The van der Waals surface area contributed by atoms with Crippen molar-refractivity contribution in [3.8, 4) is 16.9 Å². The molecule has 0 bridgehead atoms. The number of allylic oxidation sites excluding steroid dienone is 7. The third-order valence-corrected chi connectivity index (χ3v) is 5.74. The molecule has 7 heteroatoms. The highest BCUT2D eigenvalue weighted by Gasteiger charge is 2.11. The topological polar surface area (TPSA) is 81.6 Å². The van der Waals surface area contributed by atoms with Crippen LogP contribution >= 0.6 is 0 Å². The van der Waals surface area contributed by atoms with E-state index in [1.54, 1.807) is 48.8 Å². The van der Waals surface area contributed by atoms with Gasteiger partial charge in [-0.2, -0.15) is 0 Å². The number of rotatable bonds is 11. The molecule has 5 nitrogen and oxygen atoms in total. The van der Waals surface area contributed by atoms with E-state index in [4.69, 9.17) is 0 Å². The molecule has 0 fully saturated rings. The molecule has 0 heterocycles. The van der Waals surface area contributed by atoms with Crippen LogP contribution in [-0.2, 0) is 0 Å². The number of hydrogen-bond donors (Lipinski definition) is 4. The SMILES string of the molecule is C=C(F)\C=C(F)/C(=C\CC)/C=C/Nc1ccccc1/C(C)=C/Nc1cccc(-c2cccc(C(=O)O)c2)c1O. The van der Waals surface area contributed by atoms with E-state index in [1.807, 2.05) is 38.1 Å². The van der Waals surface area contributed by atoms with Crippen LogP contribution in [0.1, 0.15) is 36.2 Å². The summed E-state index contributed by atoms with van der Waals surface area (Å²) in [5.74, 6) is -2.64. The van der Waals surface area contributed by atoms with Crippen molar-refractivity contribution in [1.82, 2.24) is 0 Å². The van der Waals surface area contributed by atoms with E-state index in [1.165, 1.54) is 18.2 Å². The first-order valence-corrected chi connectivity index (χ1v) is 12.2. The van der Waals surface area contributed by atoms with Crippen LogP contribution in [0.15, 0.2) is 121 Å². The summed E-state index contributed by atoms with van der Waals surface area (Å²) < 4.78 is 27.3. The van der Waals surface area contributed by atoms with Gasteiger partial charge in [-0.05, 0) is 54.8 Å². The molecule has 0 saturated carbocycles. The van der Waals surface area contributed by atoms with Crippen molar-refractivity contribution in [2.45, 2.75) is 20.3 Å². The summed E-state index contributed by atoms with van der Waals surface area (Å²) in [5, 5.41) is 26.5. The maximum absolute atomic E-state index is 14.3. The van der Waals surface area contributed by atoms with Crippen LogP contribution in [0.4, 0.5) is 20.2 Å². The number of phenols is 1. The molecule has 0 radical (unpaired) electrons. The van der Waals surface area contributed by atoms with Crippen LogP contribution in [0.2, 0.25) is 0 Å². The number of hydrogen-bond acceptors (Lipinski definition) is 4. The number of phenolic OH excluding ortho intramolecular Hbond substituents is 1. The maximum Gasteiger partial charge on any atom is 0.335 e. The molecule has 0 aromatic heterocycles.